The van der Waals surface area contributed by atoms with Gasteiger partial charge in [0, 0.05) is 66.7 Å². The molecule has 50 heavy (non-hydrogen) atoms. The summed E-state index contributed by atoms with van der Waals surface area (Å²) in [7, 11) is 0. The van der Waals surface area contributed by atoms with E-state index in [4.69, 9.17) is 16.3 Å². The van der Waals surface area contributed by atoms with Gasteiger partial charge in [-0.1, -0.05) is 66.2 Å². The topological polar surface area (TPSA) is 65.1 Å². The average Bonchev–Trinajstić information content (AvgIpc) is 3.11. The van der Waals surface area contributed by atoms with Crippen molar-refractivity contribution in [2.45, 2.75) is 37.4 Å². The molecule has 0 radical (unpaired) electrons. The van der Waals surface area contributed by atoms with Crippen LogP contribution in [0.15, 0.2) is 91.0 Å². The van der Waals surface area contributed by atoms with E-state index in [0.29, 0.717) is 60.1 Å². The molecule has 0 saturated carbocycles. The third kappa shape index (κ3) is 6.91. The van der Waals surface area contributed by atoms with Gasteiger partial charge in [0.1, 0.15) is 23.5 Å². The van der Waals surface area contributed by atoms with E-state index in [1.165, 1.54) is 0 Å². The van der Waals surface area contributed by atoms with Crippen LogP contribution in [0.25, 0.3) is 0 Å². The number of amides is 2. The Bertz CT molecular complexity index is 1850. The van der Waals surface area contributed by atoms with Gasteiger partial charge in [-0.15, -0.1) is 0 Å². The SMILES string of the molecule is O=C1c2cc(N3CCN(CCCC4(C(=O)NCC(F)(F)F)c5ccccc5Oc5ccccc54)CC3)ccc2CCN1Cc1cccc(Cl)c1. The van der Waals surface area contributed by atoms with Gasteiger partial charge < -0.3 is 19.9 Å². The lowest BCUT2D eigenvalue weighted by molar-refractivity contribution is -0.141. The smallest absolute Gasteiger partial charge is 0.405 e. The standard InChI is InChI=1S/C39H38ClF3N4O3/c40-29-8-5-7-27(23-29)25-47-18-15-28-13-14-30(24-31(28)36(47)48)46-21-19-45(20-22-46)17-6-16-38(37(49)44-26-39(41,42)43)32-9-1-3-11-34(32)50-35-12-4-2-10-33(35)38/h1-5,7-14,23-24H,6,15-22,25-26H2,(H,44,49). The van der Waals surface area contributed by atoms with Crippen molar-refractivity contribution < 1.29 is 27.5 Å². The van der Waals surface area contributed by atoms with Crippen molar-refractivity contribution in [2.75, 3.05) is 50.7 Å². The number of carbonyl (C=O) groups excluding carboxylic acids is 2. The van der Waals surface area contributed by atoms with Crippen LogP contribution in [0.5, 0.6) is 11.5 Å². The lowest BCUT2D eigenvalue weighted by atomic mass is 9.68. The van der Waals surface area contributed by atoms with Crippen molar-refractivity contribution in [3.05, 3.63) is 124 Å². The van der Waals surface area contributed by atoms with Crippen LogP contribution in [-0.2, 0) is 23.2 Å². The Morgan fingerprint density at radius 2 is 1.56 bits per heavy atom. The van der Waals surface area contributed by atoms with Gasteiger partial charge in [0.2, 0.25) is 5.91 Å². The molecule has 260 valence electrons. The quantitative estimate of drug-likeness (QED) is 0.200. The van der Waals surface area contributed by atoms with Crippen LogP contribution in [-0.4, -0.2) is 73.6 Å². The third-order valence-corrected chi connectivity index (χ3v) is 10.3. The highest BCUT2D eigenvalue weighted by molar-refractivity contribution is 6.30. The number of halogens is 4. The van der Waals surface area contributed by atoms with E-state index in [9.17, 15) is 22.8 Å². The molecule has 1 saturated heterocycles. The summed E-state index contributed by atoms with van der Waals surface area (Å²) in [5.74, 6) is 0.281. The molecule has 2 amide bonds. The lowest BCUT2D eigenvalue weighted by Crippen LogP contribution is -2.50. The van der Waals surface area contributed by atoms with Crippen molar-refractivity contribution >= 4 is 29.1 Å². The van der Waals surface area contributed by atoms with E-state index in [0.717, 1.165) is 55.0 Å². The highest BCUT2D eigenvalue weighted by Crippen LogP contribution is 2.50. The highest BCUT2D eigenvalue weighted by Gasteiger charge is 2.48. The predicted octanol–water partition coefficient (Wildman–Crippen LogP) is 7.21. The number of piperazine rings is 1. The summed E-state index contributed by atoms with van der Waals surface area (Å²) >= 11 is 6.17. The van der Waals surface area contributed by atoms with Gasteiger partial charge >= 0.3 is 6.18 Å². The van der Waals surface area contributed by atoms with Crippen LogP contribution in [0.2, 0.25) is 5.02 Å². The van der Waals surface area contributed by atoms with Crippen LogP contribution in [0.1, 0.15) is 45.5 Å². The molecule has 0 spiro atoms. The van der Waals surface area contributed by atoms with Gasteiger partial charge in [-0.05, 0) is 73.3 Å². The first-order valence-electron chi connectivity index (χ1n) is 17.0. The predicted molar refractivity (Wildman–Crippen MR) is 187 cm³/mol. The molecule has 0 aromatic heterocycles. The molecular weight excluding hydrogens is 665 g/mol. The Morgan fingerprint density at radius 1 is 0.860 bits per heavy atom. The van der Waals surface area contributed by atoms with Crippen molar-refractivity contribution in [1.29, 1.82) is 0 Å². The minimum atomic E-state index is -4.54. The fourth-order valence-electron chi connectivity index (χ4n) is 7.55. The number of hydrogen-bond acceptors (Lipinski definition) is 5. The van der Waals surface area contributed by atoms with Crippen LogP contribution in [0.4, 0.5) is 18.9 Å². The number of anilines is 1. The van der Waals surface area contributed by atoms with Crippen molar-refractivity contribution in [3.8, 4) is 11.5 Å². The van der Waals surface area contributed by atoms with Crippen LogP contribution >= 0.6 is 11.6 Å². The van der Waals surface area contributed by atoms with E-state index in [-0.39, 0.29) is 5.91 Å². The molecule has 7 rings (SSSR count). The molecule has 1 fully saturated rings. The first-order chi connectivity index (χ1) is 24.1. The molecule has 4 aromatic rings. The van der Waals surface area contributed by atoms with Crippen LogP contribution in [0, 0.1) is 0 Å². The Hall–Kier alpha value is -4.54. The molecule has 4 aromatic carbocycles. The first-order valence-corrected chi connectivity index (χ1v) is 17.3. The van der Waals surface area contributed by atoms with Crippen LogP contribution < -0.4 is 15.0 Å². The number of alkyl halides is 3. The zero-order valence-corrected chi connectivity index (χ0v) is 28.3. The third-order valence-electron chi connectivity index (χ3n) is 10.0. The minimum Gasteiger partial charge on any atom is -0.457 e. The fraction of sp³-hybridized carbons (Fsp3) is 0.333. The molecule has 1 N–H and O–H groups in total. The highest BCUT2D eigenvalue weighted by atomic mass is 35.5. The Morgan fingerprint density at radius 3 is 2.24 bits per heavy atom. The number of carbonyl (C=O) groups is 2. The maximum absolute atomic E-state index is 13.9. The number of fused-ring (bicyclic) bond motifs is 3. The first kappa shape index (κ1) is 33.9. The van der Waals surface area contributed by atoms with Crippen LogP contribution in [0.3, 0.4) is 0 Å². The second kappa shape index (κ2) is 14.0. The zero-order valence-electron chi connectivity index (χ0n) is 27.5. The summed E-state index contributed by atoms with van der Waals surface area (Å²) in [4.78, 5) is 33.9. The minimum absolute atomic E-state index is 0.0242. The summed E-state index contributed by atoms with van der Waals surface area (Å²) in [5.41, 5.74) is 3.60. The molecule has 3 aliphatic heterocycles. The number of para-hydroxylation sites is 2. The molecule has 0 aliphatic carbocycles. The van der Waals surface area contributed by atoms with E-state index >= 15 is 0 Å². The summed E-state index contributed by atoms with van der Waals surface area (Å²) in [5, 5.41) is 2.85. The molecule has 3 aliphatic rings. The number of nitrogens with one attached hydrogen (secondary N) is 1. The van der Waals surface area contributed by atoms with Gasteiger partial charge in [-0.25, -0.2) is 0 Å². The molecule has 0 unspecified atom stereocenters. The van der Waals surface area contributed by atoms with E-state index in [1.54, 1.807) is 48.5 Å². The number of benzene rings is 4. The molecule has 11 heteroatoms. The van der Waals surface area contributed by atoms with Gasteiger partial charge in [0.05, 0.1) is 0 Å². The fourth-order valence-corrected chi connectivity index (χ4v) is 7.76. The number of nitrogens with zero attached hydrogens (tertiary/aromatic N) is 3. The van der Waals surface area contributed by atoms with Crippen molar-refractivity contribution in [3.63, 3.8) is 0 Å². The lowest BCUT2D eigenvalue weighted by Gasteiger charge is -2.40. The normalized spacial score (nSPS) is 17.0. The van der Waals surface area contributed by atoms with E-state index < -0.39 is 24.0 Å². The van der Waals surface area contributed by atoms with Gasteiger partial charge in [0.25, 0.3) is 5.91 Å². The number of hydrogen-bond donors (Lipinski definition) is 1. The maximum atomic E-state index is 13.9. The monoisotopic (exact) mass is 702 g/mol. The number of rotatable bonds is 9. The Balaban J connectivity index is 1.02. The molecule has 3 heterocycles. The van der Waals surface area contributed by atoms with E-state index in [2.05, 4.69) is 27.2 Å². The Labute approximate surface area is 294 Å². The maximum Gasteiger partial charge on any atom is 0.405 e. The molecular formula is C39H38ClF3N4O3. The number of ether oxygens (including phenoxy) is 1. The van der Waals surface area contributed by atoms with Crippen molar-refractivity contribution in [1.82, 2.24) is 15.1 Å². The Kier molecular flexibility index (Phi) is 9.50. The summed E-state index contributed by atoms with van der Waals surface area (Å²) < 4.78 is 46.0. The zero-order chi connectivity index (χ0) is 34.9. The van der Waals surface area contributed by atoms with Gasteiger partial charge in [0.15, 0.2) is 0 Å². The van der Waals surface area contributed by atoms with Crippen molar-refractivity contribution in [2.24, 2.45) is 0 Å². The van der Waals surface area contributed by atoms with E-state index in [1.807, 2.05) is 35.2 Å². The largest absolute Gasteiger partial charge is 0.457 e. The second-order valence-corrected chi connectivity index (χ2v) is 13.6. The van der Waals surface area contributed by atoms with Gasteiger partial charge in [-0.3, -0.25) is 14.5 Å². The molecule has 0 atom stereocenters. The molecule has 0 bridgehead atoms. The summed E-state index contributed by atoms with van der Waals surface area (Å²) in [6.07, 6.45) is -2.85. The summed E-state index contributed by atoms with van der Waals surface area (Å²) in [6, 6.07) is 28.0. The summed E-state index contributed by atoms with van der Waals surface area (Å²) in [6.45, 7) is 3.50. The van der Waals surface area contributed by atoms with Gasteiger partial charge in [-0.2, -0.15) is 13.2 Å². The average molecular weight is 703 g/mol. The second-order valence-electron chi connectivity index (χ2n) is 13.2. The molecule has 7 nitrogen and oxygen atoms in total.